The molecule has 0 amide bonds. The first-order valence-corrected chi connectivity index (χ1v) is 6.78. The lowest BCUT2D eigenvalue weighted by molar-refractivity contribution is 0.592. The highest BCUT2D eigenvalue weighted by molar-refractivity contribution is 5.47. The Bertz CT molecular complexity index is 371. The van der Waals surface area contributed by atoms with Gasteiger partial charge in [-0.05, 0) is 38.0 Å². The second-order valence-electron chi connectivity index (χ2n) is 4.35. The van der Waals surface area contributed by atoms with Gasteiger partial charge in [-0.1, -0.05) is 25.0 Å². The number of hydrogen-bond acceptors (Lipinski definition) is 2. The molecule has 18 heavy (non-hydrogen) atoms. The molecule has 0 spiro atoms. The van der Waals surface area contributed by atoms with Crippen molar-refractivity contribution < 1.29 is 0 Å². The third-order valence-corrected chi connectivity index (χ3v) is 3.23. The van der Waals surface area contributed by atoms with Gasteiger partial charge in [-0.3, -0.25) is 5.32 Å². The Morgan fingerprint density at radius 3 is 2.22 bits per heavy atom. The van der Waals surface area contributed by atoms with Crippen molar-refractivity contribution in [3.8, 4) is 12.3 Å². The van der Waals surface area contributed by atoms with Crippen molar-refractivity contribution in [3.63, 3.8) is 0 Å². The summed E-state index contributed by atoms with van der Waals surface area (Å²) >= 11 is 0. The first kappa shape index (κ1) is 14.6. The fourth-order valence-electron chi connectivity index (χ4n) is 1.98. The summed E-state index contributed by atoms with van der Waals surface area (Å²) < 4.78 is 0. The van der Waals surface area contributed by atoms with Crippen LogP contribution in [-0.4, -0.2) is 19.1 Å². The lowest BCUT2D eigenvalue weighted by atomic mass is 10.1. The molecule has 1 unspecified atom stereocenters. The second kappa shape index (κ2) is 7.79. The molecular formula is C16H24N2. The van der Waals surface area contributed by atoms with Crippen LogP contribution in [0.15, 0.2) is 24.3 Å². The van der Waals surface area contributed by atoms with Crippen LogP contribution in [0.25, 0.3) is 0 Å². The fourth-order valence-corrected chi connectivity index (χ4v) is 1.98. The van der Waals surface area contributed by atoms with E-state index < -0.39 is 0 Å². The second-order valence-corrected chi connectivity index (χ2v) is 4.35. The monoisotopic (exact) mass is 244 g/mol. The molecule has 1 rings (SSSR count). The number of hydrogen-bond donors (Lipinski definition) is 1. The number of anilines is 1. The van der Waals surface area contributed by atoms with E-state index in [1.54, 1.807) is 0 Å². The predicted molar refractivity (Wildman–Crippen MR) is 79.8 cm³/mol. The molecule has 0 fully saturated rings. The van der Waals surface area contributed by atoms with Crippen molar-refractivity contribution in [2.24, 2.45) is 0 Å². The molecule has 0 heterocycles. The minimum absolute atomic E-state index is 0.174. The van der Waals surface area contributed by atoms with E-state index in [0.717, 1.165) is 26.1 Å². The summed E-state index contributed by atoms with van der Waals surface area (Å²) in [5.41, 5.74) is 2.56. The van der Waals surface area contributed by atoms with Crippen LogP contribution >= 0.6 is 0 Å². The number of benzene rings is 1. The quantitative estimate of drug-likeness (QED) is 0.742. The maximum Gasteiger partial charge on any atom is 0.0686 e. The Hall–Kier alpha value is -1.46. The molecule has 0 aromatic heterocycles. The van der Waals surface area contributed by atoms with Gasteiger partial charge in [-0.2, -0.15) is 0 Å². The maximum absolute atomic E-state index is 5.43. The standard InChI is InChI=1S/C16H24N2/c1-5-15(6-2)17-13-14-9-11-16(12-10-14)18(7-3)8-4/h1,9-12,15,17H,6-8,13H2,2-4H3. The highest BCUT2D eigenvalue weighted by Gasteiger charge is 2.03. The number of terminal acetylenes is 1. The highest BCUT2D eigenvalue weighted by atomic mass is 15.1. The number of rotatable bonds is 7. The molecule has 98 valence electrons. The van der Waals surface area contributed by atoms with Crippen LogP contribution in [0.3, 0.4) is 0 Å². The summed E-state index contributed by atoms with van der Waals surface area (Å²) in [5.74, 6) is 2.75. The van der Waals surface area contributed by atoms with Crippen LogP contribution in [0.5, 0.6) is 0 Å². The normalized spacial score (nSPS) is 11.9. The van der Waals surface area contributed by atoms with Crippen LogP contribution in [0.1, 0.15) is 32.8 Å². The van der Waals surface area contributed by atoms with Gasteiger partial charge >= 0.3 is 0 Å². The predicted octanol–water partition coefficient (Wildman–Crippen LogP) is 3.03. The molecule has 1 aromatic rings. The van der Waals surface area contributed by atoms with Gasteiger partial charge in [0, 0.05) is 25.3 Å². The fraction of sp³-hybridized carbons (Fsp3) is 0.500. The van der Waals surface area contributed by atoms with E-state index in [4.69, 9.17) is 6.42 Å². The van der Waals surface area contributed by atoms with Gasteiger partial charge in [0.05, 0.1) is 6.04 Å². The van der Waals surface area contributed by atoms with E-state index in [-0.39, 0.29) is 6.04 Å². The Morgan fingerprint density at radius 1 is 1.17 bits per heavy atom. The zero-order chi connectivity index (χ0) is 13.4. The molecule has 0 radical (unpaired) electrons. The molecule has 0 aliphatic rings. The average Bonchev–Trinajstić information content (AvgIpc) is 2.43. The molecular weight excluding hydrogens is 220 g/mol. The first-order chi connectivity index (χ1) is 8.74. The third kappa shape index (κ3) is 4.09. The van der Waals surface area contributed by atoms with Crippen molar-refractivity contribution in [2.45, 2.75) is 39.8 Å². The molecule has 1 aromatic carbocycles. The lowest BCUT2D eigenvalue weighted by Gasteiger charge is -2.21. The summed E-state index contributed by atoms with van der Waals surface area (Å²) in [6.45, 7) is 9.38. The minimum atomic E-state index is 0.174. The van der Waals surface area contributed by atoms with E-state index in [9.17, 15) is 0 Å². The smallest absolute Gasteiger partial charge is 0.0686 e. The van der Waals surface area contributed by atoms with Crippen LogP contribution in [-0.2, 0) is 6.54 Å². The van der Waals surface area contributed by atoms with Gasteiger partial charge in [0.25, 0.3) is 0 Å². The van der Waals surface area contributed by atoms with Crippen LogP contribution in [0.4, 0.5) is 5.69 Å². The number of nitrogens with one attached hydrogen (secondary N) is 1. The summed E-state index contributed by atoms with van der Waals surface area (Å²) in [6.07, 6.45) is 6.39. The topological polar surface area (TPSA) is 15.3 Å². The third-order valence-electron chi connectivity index (χ3n) is 3.23. The van der Waals surface area contributed by atoms with Crippen LogP contribution in [0.2, 0.25) is 0 Å². The van der Waals surface area contributed by atoms with Crippen molar-refractivity contribution >= 4 is 5.69 Å². The van der Waals surface area contributed by atoms with Gasteiger partial charge in [0.1, 0.15) is 0 Å². The molecule has 0 bridgehead atoms. The SMILES string of the molecule is C#CC(CC)NCc1ccc(N(CC)CC)cc1. The summed E-state index contributed by atoms with van der Waals surface area (Å²) in [7, 11) is 0. The van der Waals surface area contributed by atoms with E-state index in [0.29, 0.717) is 0 Å². The Kier molecular flexibility index (Phi) is 6.32. The number of nitrogens with zero attached hydrogens (tertiary/aromatic N) is 1. The van der Waals surface area contributed by atoms with E-state index in [2.05, 4.69) is 61.2 Å². The maximum atomic E-state index is 5.43. The van der Waals surface area contributed by atoms with Crippen molar-refractivity contribution in [3.05, 3.63) is 29.8 Å². The first-order valence-electron chi connectivity index (χ1n) is 6.78. The van der Waals surface area contributed by atoms with Crippen molar-refractivity contribution in [1.29, 1.82) is 0 Å². The largest absolute Gasteiger partial charge is 0.372 e. The van der Waals surface area contributed by atoms with Gasteiger partial charge in [0.2, 0.25) is 0 Å². The lowest BCUT2D eigenvalue weighted by Crippen LogP contribution is -2.26. The average molecular weight is 244 g/mol. The molecule has 2 heteroatoms. The molecule has 1 atom stereocenters. The van der Waals surface area contributed by atoms with E-state index in [1.165, 1.54) is 11.3 Å². The summed E-state index contributed by atoms with van der Waals surface area (Å²) in [5, 5.41) is 3.36. The van der Waals surface area contributed by atoms with Gasteiger partial charge in [0.15, 0.2) is 0 Å². The van der Waals surface area contributed by atoms with Crippen LogP contribution < -0.4 is 10.2 Å². The van der Waals surface area contributed by atoms with Crippen molar-refractivity contribution in [2.75, 3.05) is 18.0 Å². The van der Waals surface area contributed by atoms with Gasteiger partial charge in [-0.15, -0.1) is 6.42 Å². The van der Waals surface area contributed by atoms with E-state index >= 15 is 0 Å². The van der Waals surface area contributed by atoms with Crippen LogP contribution in [0, 0.1) is 12.3 Å². The molecule has 1 N–H and O–H groups in total. The molecule has 2 nitrogen and oxygen atoms in total. The summed E-state index contributed by atoms with van der Waals surface area (Å²) in [6, 6.07) is 8.88. The molecule has 0 saturated carbocycles. The van der Waals surface area contributed by atoms with Gasteiger partial charge in [-0.25, -0.2) is 0 Å². The molecule has 0 aliphatic carbocycles. The summed E-state index contributed by atoms with van der Waals surface area (Å²) in [4.78, 5) is 2.34. The zero-order valence-electron chi connectivity index (χ0n) is 11.7. The molecule has 0 aliphatic heterocycles. The van der Waals surface area contributed by atoms with Crippen molar-refractivity contribution in [1.82, 2.24) is 5.32 Å². The van der Waals surface area contributed by atoms with Gasteiger partial charge < -0.3 is 4.90 Å². The highest BCUT2D eigenvalue weighted by Crippen LogP contribution is 2.14. The molecule has 0 saturated heterocycles. The Labute approximate surface area is 111 Å². The minimum Gasteiger partial charge on any atom is -0.372 e. The Morgan fingerprint density at radius 2 is 1.78 bits per heavy atom. The Balaban J connectivity index is 2.58. The van der Waals surface area contributed by atoms with E-state index in [1.807, 2.05) is 0 Å². The zero-order valence-corrected chi connectivity index (χ0v) is 11.7.